The van der Waals surface area contributed by atoms with Crippen molar-refractivity contribution in [1.29, 1.82) is 0 Å². The fraction of sp³-hybridized carbons (Fsp3) is 0.333. The Hall–Kier alpha value is -4.44. The molecule has 40 heavy (non-hydrogen) atoms. The average Bonchev–Trinajstić information content (AvgIpc) is 3.39. The van der Waals surface area contributed by atoms with Crippen LogP contribution in [0.4, 0.5) is 4.79 Å². The van der Waals surface area contributed by atoms with Crippen molar-refractivity contribution >= 4 is 23.0 Å². The number of alkyl carbamates (subject to hydrolysis) is 1. The summed E-state index contributed by atoms with van der Waals surface area (Å²) in [5.74, 6) is 0.221. The van der Waals surface area contributed by atoms with Gasteiger partial charge in [0, 0.05) is 24.7 Å². The van der Waals surface area contributed by atoms with Gasteiger partial charge in [0.15, 0.2) is 6.23 Å². The number of rotatable bonds is 10. The molecule has 5 rings (SSSR count). The van der Waals surface area contributed by atoms with Crippen LogP contribution in [0.15, 0.2) is 66.9 Å². The van der Waals surface area contributed by atoms with Gasteiger partial charge in [-0.2, -0.15) is 5.10 Å². The molecule has 1 atom stereocenters. The van der Waals surface area contributed by atoms with Crippen LogP contribution in [-0.4, -0.2) is 53.7 Å². The van der Waals surface area contributed by atoms with Gasteiger partial charge >= 0.3 is 12.1 Å². The zero-order valence-electron chi connectivity index (χ0n) is 22.4. The molecule has 1 fully saturated rings. The molecule has 0 bridgehead atoms. The van der Waals surface area contributed by atoms with Gasteiger partial charge in [-0.25, -0.2) is 14.3 Å². The monoisotopic (exact) mass is 544 g/mol. The highest BCUT2D eigenvalue weighted by molar-refractivity contribution is 5.95. The van der Waals surface area contributed by atoms with Gasteiger partial charge in [0.2, 0.25) is 0 Å². The molecule has 0 spiro atoms. The number of esters is 1. The number of hydrogen-bond acceptors (Lipinski definition) is 8. The van der Waals surface area contributed by atoms with E-state index in [9.17, 15) is 9.59 Å². The van der Waals surface area contributed by atoms with Gasteiger partial charge in [-0.05, 0) is 61.6 Å². The molecule has 10 nitrogen and oxygen atoms in total. The number of methoxy groups -OCH3 is 1. The fourth-order valence-corrected chi connectivity index (χ4v) is 4.57. The van der Waals surface area contributed by atoms with Gasteiger partial charge in [0.1, 0.15) is 18.1 Å². The van der Waals surface area contributed by atoms with Crippen LogP contribution in [0.2, 0.25) is 0 Å². The quantitative estimate of drug-likeness (QED) is 0.212. The van der Waals surface area contributed by atoms with E-state index in [4.69, 9.17) is 24.0 Å². The lowest BCUT2D eigenvalue weighted by atomic mass is 10.1. The molecular weight excluding hydrogens is 512 g/mol. The molecule has 2 aromatic heterocycles. The highest BCUT2D eigenvalue weighted by atomic mass is 16.5. The van der Waals surface area contributed by atoms with Crippen LogP contribution in [0.5, 0.6) is 5.75 Å². The van der Waals surface area contributed by atoms with Crippen LogP contribution in [0.25, 0.3) is 22.3 Å². The molecule has 1 amide bonds. The van der Waals surface area contributed by atoms with E-state index >= 15 is 0 Å². The number of nitrogens with one attached hydrogen (secondary N) is 1. The number of hydrogen-bond donors (Lipinski definition) is 1. The zero-order valence-corrected chi connectivity index (χ0v) is 22.4. The Kier molecular flexibility index (Phi) is 8.87. The zero-order chi connectivity index (χ0) is 27.7. The lowest BCUT2D eigenvalue weighted by Gasteiger charge is -2.23. The second-order valence-corrected chi connectivity index (χ2v) is 9.41. The molecule has 10 heteroatoms. The Morgan fingerprint density at radius 1 is 1.10 bits per heavy atom. The molecule has 1 aliphatic heterocycles. The summed E-state index contributed by atoms with van der Waals surface area (Å²) in [6.07, 6.45) is 4.49. The topological polar surface area (TPSA) is 114 Å². The van der Waals surface area contributed by atoms with E-state index in [0.717, 1.165) is 35.7 Å². The smallest absolute Gasteiger partial charge is 0.407 e. The third-order valence-corrected chi connectivity index (χ3v) is 6.60. The number of carbonyl (C=O) groups excluding carboxylic acids is 2. The molecule has 0 aliphatic carbocycles. The Labute approximate surface area is 232 Å². The Morgan fingerprint density at radius 2 is 1.98 bits per heavy atom. The Morgan fingerprint density at radius 3 is 2.77 bits per heavy atom. The van der Waals surface area contributed by atoms with Gasteiger partial charge in [-0.3, -0.25) is 4.98 Å². The van der Waals surface area contributed by atoms with Gasteiger partial charge in [0.05, 0.1) is 30.5 Å². The first-order valence-electron chi connectivity index (χ1n) is 13.4. The minimum absolute atomic E-state index is 0.173. The summed E-state index contributed by atoms with van der Waals surface area (Å²) in [7, 11) is 1.35. The predicted molar refractivity (Wildman–Crippen MR) is 148 cm³/mol. The summed E-state index contributed by atoms with van der Waals surface area (Å²) in [4.78, 5) is 28.6. The number of pyridine rings is 1. The van der Waals surface area contributed by atoms with Crippen molar-refractivity contribution in [2.75, 3.05) is 26.9 Å². The molecule has 2 aromatic carbocycles. The molecule has 208 valence electrons. The normalized spacial score (nSPS) is 15.0. The summed E-state index contributed by atoms with van der Waals surface area (Å²) < 4.78 is 24.0. The van der Waals surface area contributed by atoms with Gasteiger partial charge in [-0.1, -0.05) is 30.3 Å². The number of aromatic nitrogens is 3. The van der Waals surface area contributed by atoms with E-state index in [1.54, 1.807) is 18.3 Å². The van der Waals surface area contributed by atoms with E-state index < -0.39 is 12.1 Å². The molecule has 0 saturated carbocycles. The molecule has 4 aromatic rings. The van der Waals surface area contributed by atoms with Gasteiger partial charge < -0.3 is 24.3 Å². The van der Waals surface area contributed by atoms with E-state index in [-0.39, 0.29) is 12.8 Å². The third kappa shape index (κ3) is 6.58. The maximum atomic E-state index is 12.1. The number of amides is 1. The molecule has 3 heterocycles. The largest absolute Gasteiger partial charge is 0.494 e. The first kappa shape index (κ1) is 27.1. The van der Waals surface area contributed by atoms with Crippen LogP contribution in [0.3, 0.4) is 0 Å². The molecule has 0 radical (unpaired) electrons. The molecule has 1 aliphatic rings. The van der Waals surface area contributed by atoms with Crippen molar-refractivity contribution in [3.8, 4) is 17.1 Å². The lowest BCUT2D eigenvalue weighted by molar-refractivity contribution is -0.0365. The average molecular weight is 545 g/mol. The fourth-order valence-electron chi connectivity index (χ4n) is 4.57. The van der Waals surface area contributed by atoms with Crippen LogP contribution in [0.1, 0.15) is 47.8 Å². The maximum absolute atomic E-state index is 12.1. The minimum atomic E-state index is -0.464. The summed E-state index contributed by atoms with van der Waals surface area (Å²) in [6.45, 7) is 1.73. The second kappa shape index (κ2) is 13.1. The van der Waals surface area contributed by atoms with Crippen molar-refractivity contribution < 1.29 is 28.5 Å². The number of ether oxygens (including phenoxy) is 4. The number of fused-ring (bicyclic) bond motifs is 1. The molecule has 1 N–H and O–H groups in total. The van der Waals surface area contributed by atoms with Gasteiger partial charge in [-0.15, -0.1) is 0 Å². The second-order valence-electron chi connectivity index (χ2n) is 9.41. The minimum Gasteiger partial charge on any atom is -0.494 e. The molecule has 1 unspecified atom stereocenters. The first-order valence-corrected chi connectivity index (χ1v) is 13.4. The highest BCUT2D eigenvalue weighted by Gasteiger charge is 2.23. The van der Waals surface area contributed by atoms with E-state index in [1.807, 2.05) is 53.2 Å². The van der Waals surface area contributed by atoms with Crippen molar-refractivity contribution in [3.63, 3.8) is 0 Å². The van der Waals surface area contributed by atoms with E-state index in [0.29, 0.717) is 48.9 Å². The SMILES string of the molecule is COC(=O)c1ccnc(-c2nn(C3CCCCO3)c3ccc(OCCCNC(=O)OCc4ccccc4)cc23)c1. The van der Waals surface area contributed by atoms with E-state index in [1.165, 1.54) is 7.11 Å². The number of carbonyl (C=O) groups is 2. The van der Waals surface area contributed by atoms with Crippen LogP contribution >= 0.6 is 0 Å². The predicted octanol–water partition coefficient (Wildman–Crippen LogP) is 5.28. The van der Waals surface area contributed by atoms with Crippen molar-refractivity contribution in [1.82, 2.24) is 20.1 Å². The molecule has 1 saturated heterocycles. The van der Waals surface area contributed by atoms with Crippen molar-refractivity contribution in [2.24, 2.45) is 0 Å². The van der Waals surface area contributed by atoms with Crippen LogP contribution in [-0.2, 0) is 20.8 Å². The lowest BCUT2D eigenvalue weighted by Crippen LogP contribution is -2.26. The van der Waals surface area contributed by atoms with Crippen molar-refractivity contribution in [2.45, 2.75) is 38.5 Å². The van der Waals surface area contributed by atoms with E-state index in [2.05, 4.69) is 10.3 Å². The number of nitrogens with zero attached hydrogens (tertiary/aromatic N) is 3. The Bertz CT molecular complexity index is 1450. The highest BCUT2D eigenvalue weighted by Crippen LogP contribution is 2.34. The first-order chi connectivity index (χ1) is 19.6. The summed E-state index contributed by atoms with van der Waals surface area (Å²) >= 11 is 0. The standard InChI is InChI=1S/C30H32N4O6/c1-37-29(35)22-13-15-31-25(18-22)28-24-19-23(11-12-26(24)34(33-28)27-10-5-6-16-39-27)38-17-7-14-32-30(36)40-20-21-8-3-2-4-9-21/h2-4,8-9,11-13,15,18-19,27H,5-7,10,14,16-17,20H2,1H3,(H,32,36). The maximum Gasteiger partial charge on any atom is 0.407 e. The van der Waals surface area contributed by atoms with Crippen LogP contribution in [0, 0.1) is 0 Å². The molecular formula is C30H32N4O6. The van der Waals surface area contributed by atoms with Crippen molar-refractivity contribution in [3.05, 3.63) is 78.0 Å². The summed E-state index contributed by atoms with van der Waals surface area (Å²) in [5, 5.41) is 8.46. The number of benzene rings is 2. The van der Waals surface area contributed by atoms with Crippen LogP contribution < -0.4 is 10.1 Å². The van der Waals surface area contributed by atoms with Gasteiger partial charge in [0.25, 0.3) is 0 Å². The third-order valence-electron chi connectivity index (χ3n) is 6.60. The summed E-state index contributed by atoms with van der Waals surface area (Å²) in [6, 6.07) is 18.6. The Balaban J connectivity index is 1.26. The summed E-state index contributed by atoms with van der Waals surface area (Å²) in [5.41, 5.74) is 3.40.